The summed E-state index contributed by atoms with van der Waals surface area (Å²) in [6, 6.07) is 0.546. The third kappa shape index (κ3) is 2.11. The van der Waals surface area contributed by atoms with Gasteiger partial charge in [-0.25, -0.2) is 4.98 Å². The number of rotatable bonds is 4. The Morgan fingerprint density at radius 3 is 2.67 bits per heavy atom. The first-order valence-corrected chi connectivity index (χ1v) is 9.25. The van der Waals surface area contributed by atoms with Gasteiger partial charge in [-0.05, 0) is 50.4 Å². The van der Waals surface area contributed by atoms with Crippen molar-refractivity contribution < 1.29 is 9.90 Å². The maximum Gasteiger partial charge on any atom is 0.303 e. The third-order valence-corrected chi connectivity index (χ3v) is 6.56. The number of aliphatic carboxylic acids is 1. The summed E-state index contributed by atoms with van der Waals surface area (Å²) >= 11 is 0. The van der Waals surface area contributed by atoms with Gasteiger partial charge in [-0.1, -0.05) is 0 Å². The highest BCUT2D eigenvalue weighted by Crippen LogP contribution is 2.54. The molecule has 4 atom stereocenters. The van der Waals surface area contributed by atoms with Gasteiger partial charge in [-0.2, -0.15) is 4.98 Å². The van der Waals surface area contributed by atoms with Gasteiger partial charge in [-0.15, -0.1) is 0 Å². The highest BCUT2D eigenvalue weighted by atomic mass is 16.4. The number of nitrogens with zero attached hydrogens (tertiary/aromatic N) is 4. The van der Waals surface area contributed by atoms with Crippen LogP contribution in [0.5, 0.6) is 0 Å². The molecule has 1 aromatic rings. The monoisotopic (exact) mass is 328 g/mol. The van der Waals surface area contributed by atoms with E-state index < -0.39 is 5.97 Å². The van der Waals surface area contributed by atoms with Crippen LogP contribution in [0.1, 0.15) is 37.4 Å². The normalized spacial score (nSPS) is 33.2. The molecule has 0 aromatic carbocycles. The van der Waals surface area contributed by atoms with Crippen molar-refractivity contribution in [1.82, 2.24) is 9.97 Å². The molecule has 0 radical (unpaired) electrons. The molecule has 0 amide bonds. The number of piperidine rings is 1. The number of carboxylic acid groups (broad SMARTS) is 1. The molecule has 2 aliphatic heterocycles. The van der Waals surface area contributed by atoms with Crippen molar-refractivity contribution in [2.75, 3.05) is 29.4 Å². The van der Waals surface area contributed by atoms with Crippen molar-refractivity contribution in [2.45, 2.75) is 45.1 Å². The Labute approximate surface area is 141 Å². The van der Waals surface area contributed by atoms with E-state index in [9.17, 15) is 4.79 Å². The van der Waals surface area contributed by atoms with E-state index in [-0.39, 0.29) is 0 Å². The quantitative estimate of drug-likeness (QED) is 0.907. The minimum Gasteiger partial charge on any atom is -0.481 e. The molecule has 0 bridgehead atoms. The molecular formula is C18H24N4O2. The van der Waals surface area contributed by atoms with E-state index in [2.05, 4.69) is 16.7 Å². The molecule has 4 aliphatic rings. The van der Waals surface area contributed by atoms with Crippen LogP contribution in [0.15, 0.2) is 0 Å². The van der Waals surface area contributed by atoms with Crippen LogP contribution in [0.3, 0.4) is 0 Å². The predicted octanol–water partition coefficient (Wildman–Crippen LogP) is 1.72. The SMILES string of the molecule is C[C@H]1CCN1c1nc2c(c(N3C[C@@H]4[C@@H](CC(=O)O)[C@@H]4C3)n1)CCC2. The van der Waals surface area contributed by atoms with Gasteiger partial charge in [0.1, 0.15) is 5.82 Å². The second-order valence-corrected chi connectivity index (χ2v) is 7.95. The van der Waals surface area contributed by atoms with Gasteiger partial charge in [0.05, 0.1) is 5.69 Å². The number of fused-ring (bicyclic) bond motifs is 2. The van der Waals surface area contributed by atoms with Crippen LogP contribution in [-0.4, -0.2) is 46.7 Å². The summed E-state index contributed by atoms with van der Waals surface area (Å²) in [5, 5.41) is 9.00. The molecule has 1 saturated carbocycles. The fourth-order valence-corrected chi connectivity index (χ4v) is 4.93. The molecule has 128 valence electrons. The van der Waals surface area contributed by atoms with E-state index >= 15 is 0 Å². The molecule has 6 heteroatoms. The molecule has 24 heavy (non-hydrogen) atoms. The van der Waals surface area contributed by atoms with Gasteiger partial charge >= 0.3 is 5.97 Å². The van der Waals surface area contributed by atoms with Gasteiger partial charge in [0.2, 0.25) is 5.95 Å². The van der Waals surface area contributed by atoms with Crippen LogP contribution in [-0.2, 0) is 17.6 Å². The Bertz CT molecular complexity index is 695. The summed E-state index contributed by atoms with van der Waals surface area (Å²) in [5.74, 6) is 2.90. The summed E-state index contributed by atoms with van der Waals surface area (Å²) in [6.45, 7) is 5.24. The van der Waals surface area contributed by atoms with Crippen molar-refractivity contribution in [3.8, 4) is 0 Å². The van der Waals surface area contributed by atoms with E-state index in [0.29, 0.717) is 30.2 Å². The summed E-state index contributed by atoms with van der Waals surface area (Å²) in [7, 11) is 0. The van der Waals surface area contributed by atoms with Gasteiger partial charge < -0.3 is 14.9 Å². The Hall–Kier alpha value is -1.85. The summed E-state index contributed by atoms with van der Waals surface area (Å²) < 4.78 is 0. The minimum absolute atomic E-state index is 0.335. The van der Waals surface area contributed by atoms with Crippen LogP contribution in [0, 0.1) is 17.8 Å². The zero-order chi connectivity index (χ0) is 16.4. The third-order valence-electron chi connectivity index (χ3n) is 6.56. The largest absolute Gasteiger partial charge is 0.481 e. The first-order chi connectivity index (χ1) is 11.6. The van der Waals surface area contributed by atoms with Crippen molar-refractivity contribution in [1.29, 1.82) is 0 Å². The van der Waals surface area contributed by atoms with Crippen LogP contribution >= 0.6 is 0 Å². The lowest BCUT2D eigenvalue weighted by atomic mass is 10.1. The molecule has 6 nitrogen and oxygen atoms in total. The topological polar surface area (TPSA) is 69.6 Å². The van der Waals surface area contributed by atoms with E-state index in [1.165, 1.54) is 24.1 Å². The Morgan fingerprint density at radius 2 is 2.04 bits per heavy atom. The number of carbonyl (C=O) groups is 1. The summed E-state index contributed by atoms with van der Waals surface area (Å²) in [6.07, 6.45) is 4.90. The maximum absolute atomic E-state index is 10.9. The fourth-order valence-electron chi connectivity index (χ4n) is 4.93. The molecule has 2 saturated heterocycles. The Morgan fingerprint density at radius 1 is 1.25 bits per heavy atom. The molecule has 0 spiro atoms. The number of aryl methyl sites for hydroxylation is 1. The average molecular weight is 328 g/mol. The number of hydrogen-bond donors (Lipinski definition) is 1. The number of anilines is 2. The molecule has 5 rings (SSSR count). The van der Waals surface area contributed by atoms with Crippen LogP contribution in [0.2, 0.25) is 0 Å². The number of carboxylic acids is 1. The van der Waals surface area contributed by atoms with Crippen LogP contribution in [0.25, 0.3) is 0 Å². The van der Waals surface area contributed by atoms with Gasteiger partial charge in [0, 0.05) is 37.7 Å². The molecular weight excluding hydrogens is 304 g/mol. The molecule has 0 unspecified atom stereocenters. The van der Waals surface area contributed by atoms with Crippen molar-refractivity contribution >= 4 is 17.7 Å². The van der Waals surface area contributed by atoms with Crippen LogP contribution in [0.4, 0.5) is 11.8 Å². The van der Waals surface area contributed by atoms with E-state index in [1.54, 1.807) is 0 Å². The Kier molecular flexibility index (Phi) is 3.06. The zero-order valence-corrected chi connectivity index (χ0v) is 14.1. The fraction of sp³-hybridized carbons (Fsp3) is 0.722. The number of hydrogen-bond acceptors (Lipinski definition) is 5. The van der Waals surface area contributed by atoms with Gasteiger partial charge in [-0.3, -0.25) is 4.79 Å². The van der Waals surface area contributed by atoms with Gasteiger partial charge in [0.25, 0.3) is 0 Å². The van der Waals surface area contributed by atoms with Crippen molar-refractivity contribution in [3.05, 3.63) is 11.3 Å². The maximum atomic E-state index is 10.9. The Balaban J connectivity index is 1.40. The summed E-state index contributed by atoms with van der Waals surface area (Å²) in [4.78, 5) is 25.5. The predicted molar refractivity (Wildman–Crippen MR) is 90.4 cm³/mol. The molecule has 3 fully saturated rings. The van der Waals surface area contributed by atoms with E-state index in [4.69, 9.17) is 15.1 Å². The van der Waals surface area contributed by atoms with E-state index in [1.807, 2.05) is 0 Å². The highest BCUT2D eigenvalue weighted by molar-refractivity contribution is 5.68. The lowest BCUT2D eigenvalue weighted by Gasteiger charge is -2.39. The molecule has 1 aromatic heterocycles. The zero-order valence-electron chi connectivity index (χ0n) is 14.1. The number of aromatic nitrogens is 2. The second kappa shape index (κ2) is 5.07. The summed E-state index contributed by atoms with van der Waals surface area (Å²) in [5.41, 5.74) is 2.60. The first kappa shape index (κ1) is 14.5. The van der Waals surface area contributed by atoms with E-state index in [0.717, 1.165) is 44.2 Å². The van der Waals surface area contributed by atoms with Gasteiger partial charge in [0.15, 0.2) is 0 Å². The smallest absolute Gasteiger partial charge is 0.303 e. The van der Waals surface area contributed by atoms with Crippen LogP contribution < -0.4 is 9.80 Å². The lowest BCUT2D eigenvalue weighted by Crippen LogP contribution is -2.47. The minimum atomic E-state index is -0.655. The van der Waals surface area contributed by atoms with Crippen molar-refractivity contribution in [2.24, 2.45) is 17.8 Å². The standard InChI is InChI=1S/C18H24N4O2/c1-10-5-6-22(10)18-19-15-4-2-3-11(15)17(20-18)21-8-13-12(7-16(23)24)14(13)9-21/h10,12-14H,2-9H2,1H3,(H,23,24)/t10-,12-,13-,14+/m0/s1. The molecule has 3 heterocycles. The first-order valence-electron chi connectivity index (χ1n) is 9.25. The second-order valence-electron chi connectivity index (χ2n) is 7.95. The highest BCUT2D eigenvalue weighted by Gasteiger charge is 2.56. The lowest BCUT2D eigenvalue weighted by molar-refractivity contribution is -0.137. The van der Waals surface area contributed by atoms with Crippen molar-refractivity contribution in [3.63, 3.8) is 0 Å². The average Bonchev–Trinajstić information content (AvgIpc) is 2.97. The molecule has 1 N–H and O–H groups in total. The molecule has 2 aliphatic carbocycles.